The van der Waals surface area contributed by atoms with E-state index in [0.29, 0.717) is 24.6 Å². The van der Waals surface area contributed by atoms with Crippen LogP contribution < -0.4 is 10.1 Å². The highest BCUT2D eigenvalue weighted by Crippen LogP contribution is 2.21. The van der Waals surface area contributed by atoms with E-state index in [9.17, 15) is 8.78 Å². The maximum atomic E-state index is 12.5. The summed E-state index contributed by atoms with van der Waals surface area (Å²) in [6.45, 7) is 2.65. The molecule has 25 heavy (non-hydrogen) atoms. The second kappa shape index (κ2) is 9.31. The summed E-state index contributed by atoms with van der Waals surface area (Å²) in [4.78, 5) is 10.9. The number of guanidine groups is 1. The van der Waals surface area contributed by atoms with Gasteiger partial charge in [0.1, 0.15) is 5.75 Å². The van der Waals surface area contributed by atoms with Gasteiger partial charge in [0.15, 0.2) is 5.96 Å². The van der Waals surface area contributed by atoms with Gasteiger partial charge in [-0.05, 0) is 19.9 Å². The third kappa shape index (κ3) is 5.97. The van der Waals surface area contributed by atoms with Gasteiger partial charge in [-0.25, -0.2) is 9.98 Å². The summed E-state index contributed by atoms with van der Waals surface area (Å²) < 4.78 is 29.6. The molecule has 0 aliphatic carbocycles. The number of nitrogens with zero attached hydrogens (tertiary/aromatic N) is 3. The van der Waals surface area contributed by atoms with Crippen molar-refractivity contribution in [2.24, 2.45) is 4.99 Å². The number of ether oxygens (including phenoxy) is 1. The minimum absolute atomic E-state index is 0.148. The predicted molar refractivity (Wildman–Crippen MR) is 96.2 cm³/mol. The molecule has 0 saturated carbocycles. The Bertz CT molecular complexity index is 705. The summed E-state index contributed by atoms with van der Waals surface area (Å²) in [5, 5.41) is 6.23. The van der Waals surface area contributed by atoms with Crippen molar-refractivity contribution in [3.8, 4) is 5.75 Å². The molecule has 2 rings (SSSR count). The summed E-state index contributed by atoms with van der Waals surface area (Å²) in [6, 6.07) is 6.69. The number of hydrogen-bond acceptors (Lipinski definition) is 4. The third-order valence-corrected chi connectivity index (χ3v) is 4.17. The molecule has 0 atom stereocenters. The summed E-state index contributed by atoms with van der Waals surface area (Å²) in [6.07, 6.45) is 0. The van der Waals surface area contributed by atoms with Crippen molar-refractivity contribution in [1.82, 2.24) is 15.2 Å². The molecular weight excluding hydrogens is 346 g/mol. The smallest absolute Gasteiger partial charge is 0.387 e. The minimum Gasteiger partial charge on any atom is -0.434 e. The fourth-order valence-electron chi connectivity index (χ4n) is 2.27. The van der Waals surface area contributed by atoms with Gasteiger partial charge < -0.3 is 15.0 Å². The molecule has 0 saturated heterocycles. The van der Waals surface area contributed by atoms with Gasteiger partial charge >= 0.3 is 6.61 Å². The molecule has 0 aliphatic heterocycles. The topological polar surface area (TPSA) is 49.8 Å². The number of halogens is 2. The molecule has 0 unspecified atom stereocenters. The zero-order chi connectivity index (χ0) is 18.2. The Labute approximate surface area is 150 Å². The number of aliphatic imine (C=N–C) groups is 1. The van der Waals surface area contributed by atoms with Crippen LogP contribution in [0.2, 0.25) is 0 Å². The second-order valence-electron chi connectivity index (χ2n) is 5.37. The third-order valence-electron chi connectivity index (χ3n) is 3.35. The van der Waals surface area contributed by atoms with Crippen LogP contribution in [0, 0.1) is 6.92 Å². The van der Waals surface area contributed by atoms with Gasteiger partial charge in [-0.3, -0.25) is 0 Å². The lowest BCUT2D eigenvalue weighted by atomic mass is 10.2. The number of alkyl halides is 2. The van der Waals surface area contributed by atoms with E-state index in [1.54, 1.807) is 29.5 Å². The van der Waals surface area contributed by atoms with E-state index in [4.69, 9.17) is 0 Å². The lowest BCUT2D eigenvalue weighted by Crippen LogP contribution is -2.38. The maximum Gasteiger partial charge on any atom is 0.387 e. The average Bonchev–Trinajstić information content (AvgIpc) is 2.97. The van der Waals surface area contributed by atoms with Crippen LogP contribution in [0.4, 0.5) is 8.78 Å². The van der Waals surface area contributed by atoms with E-state index in [1.807, 2.05) is 31.2 Å². The van der Waals surface area contributed by atoms with Gasteiger partial charge in [0.2, 0.25) is 0 Å². The first-order chi connectivity index (χ1) is 12.0. The standard InChI is InChI=1S/C17H22F2N4OS/c1-4-20-17(23(3)10-14-11-25-12(2)22-14)21-9-13-7-5-6-8-15(13)24-16(18)19/h5-8,11,16H,4,9-10H2,1-3H3,(H,20,21). The lowest BCUT2D eigenvalue weighted by molar-refractivity contribution is -0.0504. The first-order valence-corrected chi connectivity index (χ1v) is 8.80. The van der Waals surface area contributed by atoms with Crippen molar-refractivity contribution in [3.05, 3.63) is 45.9 Å². The average molecular weight is 368 g/mol. The van der Waals surface area contributed by atoms with Crippen molar-refractivity contribution in [2.45, 2.75) is 33.5 Å². The van der Waals surface area contributed by atoms with E-state index in [-0.39, 0.29) is 12.3 Å². The number of hydrogen-bond donors (Lipinski definition) is 1. The number of benzene rings is 1. The summed E-state index contributed by atoms with van der Waals surface area (Å²) in [5.74, 6) is 0.829. The Morgan fingerprint density at radius 1 is 1.40 bits per heavy atom. The van der Waals surface area contributed by atoms with E-state index in [0.717, 1.165) is 10.7 Å². The molecule has 0 spiro atoms. The van der Waals surface area contributed by atoms with Crippen LogP contribution in [0.1, 0.15) is 23.2 Å². The minimum atomic E-state index is -2.85. The van der Waals surface area contributed by atoms with Gasteiger partial charge in [-0.1, -0.05) is 18.2 Å². The fourth-order valence-corrected chi connectivity index (χ4v) is 2.88. The number of aryl methyl sites for hydroxylation is 1. The van der Waals surface area contributed by atoms with Crippen LogP contribution in [0.25, 0.3) is 0 Å². The molecule has 8 heteroatoms. The second-order valence-corrected chi connectivity index (χ2v) is 6.43. The monoisotopic (exact) mass is 368 g/mol. The first-order valence-electron chi connectivity index (χ1n) is 7.92. The normalized spacial score (nSPS) is 11.7. The van der Waals surface area contributed by atoms with Crippen molar-refractivity contribution >= 4 is 17.3 Å². The van der Waals surface area contributed by atoms with Gasteiger partial charge in [-0.15, -0.1) is 11.3 Å². The van der Waals surface area contributed by atoms with Crippen LogP contribution in [0.3, 0.4) is 0 Å². The number of nitrogens with one attached hydrogen (secondary N) is 1. The molecule has 136 valence electrons. The molecule has 5 nitrogen and oxygen atoms in total. The SMILES string of the molecule is CCNC(=NCc1ccccc1OC(F)F)N(C)Cc1csc(C)n1. The molecule has 2 aromatic rings. The summed E-state index contributed by atoms with van der Waals surface area (Å²) in [5.41, 5.74) is 1.58. The van der Waals surface area contributed by atoms with Gasteiger partial charge in [0, 0.05) is 24.5 Å². The first kappa shape index (κ1) is 19.1. The maximum absolute atomic E-state index is 12.5. The predicted octanol–water partition coefficient (Wildman–Crippen LogP) is 3.65. The van der Waals surface area contributed by atoms with Crippen LogP contribution in [0.15, 0.2) is 34.6 Å². The highest BCUT2D eigenvalue weighted by Gasteiger charge is 2.11. The highest BCUT2D eigenvalue weighted by atomic mass is 32.1. The van der Waals surface area contributed by atoms with E-state index in [1.165, 1.54) is 6.07 Å². The van der Waals surface area contributed by atoms with Crippen LogP contribution in [0.5, 0.6) is 5.75 Å². The van der Waals surface area contributed by atoms with Crippen molar-refractivity contribution in [3.63, 3.8) is 0 Å². The molecule has 0 amide bonds. The van der Waals surface area contributed by atoms with Crippen molar-refractivity contribution < 1.29 is 13.5 Å². The zero-order valence-corrected chi connectivity index (χ0v) is 15.3. The van der Waals surface area contributed by atoms with Crippen molar-refractivity contribution in [1.29, 1.82) is 0 Å². The quantitative estimate of drug-likeness (QED) is 0.599. The Balaban J connectivity index is 2.11. The number of para-hydroxylation sites is 1. The number of thiazole rings is 1. The van der Waals surface area contributed by atoms with Crippen LogP contribution in [-0.2, 0) is 13.1 Å². The Kier molecular flexibility index (Phi) is 7.12. The number of aromatic nitrogens is 1. The molecule has 1 aromatic carbocycles. The Morgan fingerprint density at radius 2 is 2.16 bits per heavy atom. The van der Waals surface area contributed by atoms with Crippen molar-refractivity contribution in [2.75, 3.05) is 13.6 Å². The Hall–Kier alpha value is -2.22. The molecule has 1 aromatic heterocycles. The molecule has 0 fully saturated rings. The van der Waals surface area contributed by atoms with Gasteiger partial charge in [0.05, 0.1) is 23.8 Å². The Morgan fingerprint density at radius 3 is 2.80 bits per heavy atom. The molecule has 0 aliphatic rings. The molecular formula is C17H22F2N4OS. The number of rotatable bonds is 7. The van der Waals surface area contributed by atoms with Crippen LogP contribution in [-0.4, -0.2) is 36.0 Å². The fraction of sp³-hybridized carbons (Fsp3) is 0.412. The lowest BCUT2D eigenvalue weighted by Gasteiger charge is -2.21. The van der Waals surface area contributed by atoms with E-state index in [2.05, 4.69) is 20.0 Å². The molecule has 1 N–H and O–H groups in total. The summed E-state index contributed by atoms with van der Waals surface area (Å²) in [7, 11) is 1.91. The highest BCUT2D eigenvalue weighted by molar-refractivity contribution is 7.09. The van der Waals surface area contributed by atoms with Crippen LogP contribution >= 0.6 is 11.3 Å². The largest absolute Gasteiger partial charge is 0.434 e. The summed E-state index contributed by atoms with van der Waals surface area (Å²) >= 11 is 1.60. The van der Waals surface area contributed by atoms with Gasteiger partial charge in [0.25, 0.3) is 0 Å². The van der Waals surface area contributed by atoms with Gasteiger partial charge in [-0.2, -0.15) is 8.78 Å². The molecule has 1 heterocycles. The zero-order valence-electron chi connectivity index (χ0n) is 14.5. The van der Waals surface area contributed by atoms with E-state index >= 15 is 0 Å². The molecule has 0 bridgehead atoms. The van der Waals surface area contributed by atoms with E-state index < -0.39 is 6.61 Å². The molecule has 0 radical (unpaired) electrons.